The molecule has 1 aliphatic rings. The maximum atomic E-state index is 11.2. The van der Waals surface area contributed by atoms with Crippen molar-refractivity contribution >= 4 is 11.6 Å². The molecule has 110 valence electrons. The lowest BCUT2D eigenvalue weighted by atomic mass is 9.98. The summed E-state index contributed by atoms with van der Waals surface area (Å²) in [6.45, 7) is 4.67. The molecule has 5 heteroatoms. The highest BCUT2D eigenvalue weighted by molar-refractivity contribution is 5.89. The molecular formula is C16H20N4O. The molecule has 0 radical (unpaired) electrons. The molecule has 0 bridgehead atoms. The monoisotopic (exact) mass is 284 g/mol. The van der Waals surface area contributed by atoms with Crippen LogP contribution >= 0.6 is 0 Å². The molecule has 2 unspecified atom stereocenters. The Labute approximate surface area is 124 Å². The first-order chi connectivity index (χ1) is 10.0. The molecule has 3 N–H and O–H groups in total. The minimum atomic E-state index is -0.0767. The van der Waals surface area contributed by atoms with Gasteiger partial charge >= 0.3 is 0 Å². The summed E-state index contributed by atoms with van der Waals surface area (Å²) in [5.41, 5.74) is 8.86. The third kappa shape index (κ3) is 2.83. The highest BCUT2D eigenvalue weighted by Crippen LogP contribution is 2.30. The molecule has 0 saturated carbocycles. The van der Waals surface area contributed by atoms with Crippen molar-refractivity contribution in [1.29, 1.82) is 0 Å². The molecule has 1 amide bonds. The second kappa shape index (κ2) is 5.33. The maximum Gasteiger partial charge on any atom is 0.221 e. The average molecular weight is 284 g/mol. The number of nitrogens with zero attached hydrogens (tertiary/aromatic N) is 2. The molecule has 1 aliphatic heterocycles. The van der Waals surface area contributed by atoms with Crippen molar-refractivity contribution in [1.82, 2.24) is 9.55 Å². The summed E-state index contributed by atoms with van der Waals surface area (Å²) >= 11 is 0. The molecule has 0 saturated heterocycles. The number of carbonyl (C=O) groups is 1. The van der Waals surface area contributed by atoms with Crippen molar-refractivity contribution < 1.29 is 4.79 Å². The SMILES string of the molecule is CC(=O)Nc1cccc(-c2cn3c(n2)C(N)CC(C)C3)c1. The lowest BCUT2D eigenvalue weighted by molar-refractivity contribution is -0.114. The summed E-state index contributed by atoms with van der Waals surface area (Å²) in [7, 11) is 0. The van der Waals surface area contributed by atoms with Gasteiger partial charge in [0.25, 0.3) is 0 Å². The number of hydrogen-bond acceptors (Lipinski definition) is 3. The van der Waals surface area contributed by atoms with Gasteiger partial charge in [-0.3, -0.25) is 4.79 Å². The molecule has 2 aromatic rings. The van der Waals surface area contributed by atoms with Crippen LogP contribution in [-0.4, -0.2) is 15.5 Å². The smallest absolute Gasteiger partial charge is 0.221 e. The van der Waals surface area contributed by atoms with Gasteiger partial charge in [0.05, 0.1) is 11.7 Å². The van der Waals surface area contributed by atoms with E-state index in [0.717, 1.165) is 35.7 Å². The van der Waals surface area contributed by atoms with Crippen molar-refractivity contribution in [2.24, 2.45) is 11.7 Å². The summed E-state index contributed by atoms with van der Waals surface area (Å²) < 4.78 is 2.15. The van der Waals surface area contributed by atoms with Gasteiger partial charge in [-0.05, 0) is 24.5 Å². The summed E-state index contributed by atoms with van der Waals surface area (Å²) in [6.07, 6.45) is 3.03. The van der Waals surface area contributed by atoms with Gasteiger partial charge in [-0.25, -0.2) is 4.98 Å². The number of rotatable bonds is 2. The third-order valence-corrected chi connectivity index (χ3v) is 3.78. The van der Waals surface area contributed by atoms with Crippen molar-refractivity contribution in [3.8, 4) is 11.3 Å². The van der Waals surface area contributed by atoms with Crippen molar-refractivity contribution in [2.45, 2.75) is 32.9 Å². The van der Waals surface area contributed by atoms with E-state index in [9.17, 15) is 4.79 Å². The van der Waals surface area contributed by atoms with Crippen LogP contribution in [-0.2, 0) is 11.3 Å². The van der Waals surface area contributed by atoms with Crippen LogP contribution in [0.25, 0.3) is 11.3 Å². The zero-order valence-electron chi connectivity index (χ0n) is 12.3. The van der Waals surface area contributed by atoms with Crippen molar-refractivity contribution in [3.63, 3.8) is 0 Å². The van der Waals surface area contributed by atoms with Gasteiger partial charge < -0.3 is 15.6 Å². The van der Waals surface area contributed by atoms with Gasteiger partial charge in [0.15, 0.2) is 0 Å². The normalized spacial score (nSPS) is 20.9. The van der Waals surface area contributed by atoms with Gasteiger partial charge in [0.1, 0.15) is 5.82 Å². The van der Waals surface area contributed by atoms with Gasteiger partial charge in [-0.15, -0.1) is 0 Å². The van der Waals surface area contributed by atoms with E-state index in [4.69, 9.17) is 5.73 Å². The van der Waals surface area contributed by atoms with Crippen LogP contribution in [0.1, 0.15) is 32.1 Å². The number of aromatic nitrogens is 2. The highest BCUT2D eigenvalue weighted by Gasteiger charge is 2.24. The predicted octanol–water partition coefficient (Wildman–Crippen LogP) is 2.55. The van der Waals surface area contributed by atoms with E-state index in [-0.39, 0.29) is 11.9 Å². The molecule has 0 spiro atoms. The fraction of sp³-hybridized carbons (Fsp3) is 0.375. The second-order valence-corrected chi connectivity index (χ2v) is 5.85. The number of benzene rings is 1. The number of fused-ring (bicyclic) bond motifs is 1. The van der Waals surface area contributed by atoms with Gasteiger partial charge in [0.2, 0.25) is 5.91 Å². The van der Waals surface area contributed by atoms with Gasteiger partial charge in [-0.1, -0.05) is 19.1 Å². The Morgan fingerprint density at radius 2 is 2.29 bits per heavy atom. The maximum absolute atomic E-state index is 11.2. The number of imidazole rings is 1. The number of nitrogens with one attached hydrogen (secondary N) is 1. The van der Waals surface area contributed by atoms with Crippen molar-refractivity contribution in [3.05, 3.63) is 36.3 Å². The highest BCUT2D eigenvalue weighted by atomic mass is 16.1. The quantitative estimate of drug-likeness (QED) is 0.890. The molecule has 0 aliphatic carbocycles. The summed E-state index contributed by atoms with van der Waals surface area (Å²) in [6, 6.07) is 7.72. The Balaban J connectivity index is 1.94. The lowest BCUT2D eigenvalue weighted by Gasteiger charge is -2.25. The number of nitrogens with two attached hydrogens (primary N) is 1. The zero-order valence-corrected chi connectivity index (χ0v) is 12.3. The molecule has 1 aromatic carbocycles. The van der Waals surface area contributed by atoms with Crippen LogP contribution in [0.3, 0.4) is 0 Å². The molecular weight excluding hydrogens is 264 g/mol. The standard InChI is InChI=1S/C16H20N4O/c1-10-6-14(17)16-19-15(9-20(16)8-10)12-4-3-5-13(7-12)18-11(2)21/h3-5,7,9-10,14H,6,8,17H2,1-2H3,(H,18,21). The number of carbonyl (C=O) groups excluding carboxylic acids is 1. The van der Waals surface area contributed by atoms with Crippen LogP contribution in [0.5, 0.6) is 0 Å². The molecule has 5 nitrogen and oxygen atoms in total. The first-order valence-corrected chi connectivity index (χ1v) is 7.23. The Bertz CT molecular complexity index is 677. The third-order valence-electron chi connectivity index (χ3n) is 3.78. The minimum Gasteiger partial charge on any atom is -0.333 e. The molecule has 0 fully saturated rings. The summed E-state index contributed by atoms with van der Waals surface area (Å²) in [5.74, 6) is 1.44. The number of hydrogen-bond donors (Lipinski definition) is 2. The molecule has 3 rings (SSSR count). The Kier molecular flexibility index (Phi) is 3.51. The largest absolute Gasteiger partial charge is 0.333 e. The van der Waals surface area contributed by atoms with Crippen LogP contribution in [0.2, 0.25) is 0 Å². The van der Waals surface area contributed by atoms with Gasteiger partial charge in [-0.2, -0.15) is 0 Å². The first-order valence-electron chi connectivity index (χ1n) is 7.23. The Hall–Kier alpha value is -2.14. The van der Waals surface area contributed by atoms with Crippen LogP contribution in [0.15, 0.2) is 30.5 Å². The Morgan fingerprint density at radius 1 is 1.48 bits per heavy atom. The van der Waals surface area contributed by atoms with E-state index >= 15 is 0 Å². The van der Waals surface area contributed by atoms with E-state index in [0.29, 0.717) is 5.92 Å². The second-order valence-electron chi connectivity index (χ2n) is 5.85. The zero-order chi connectivity index (χ0) is 15.0. The van der Waals surface area contributed by atoms with Crippen molar-refractivity contribution in [2.75, 3.05) is 5.32 Å². The van der Waals surface area contributed by atoms with E-state index in [1.165, 1.54) is 6.92 Å². The van der Waals surface area contributed by atoms with E-state index in [2.05, 4.69) is 28.0 Å². The van der Waals surface area contributed by atoms with Crippen LogP contribution < -0.4 is 11.1 Å². The molecule has 2 atom stereocenters. The van der Waals surface area contributed by atoms with Crippen LogP contribution in [0.4, 0.5) is 5.69 Å². The van der Waals surface area contributed by atoms with E-state index < -0.39 is 0 Å². The topological polar surface area (TPSA) is 72.9 Å². The first kappa shape index (κ1) is 13.8. The molecule has 2 heterocycles. The molecule has 21 heavy (non-hydrogen) atoms. The molecule has 1 aromatic heterocycles. The van der Waals surface area contributed by atoms with Gasteiger partial charge in [0, 0.05) is 30.9 Å². The van der Waals surface area contributed by atoms with Crippen LogP contribution in [0, 0.1) is 5.92 Å². The Morgan fingerprint density at radius 3 is 3.05 bits per heavy atom. The number of amides is 1. The summed E-state index contributed by atoms with van der Waals surface area (Å²) in [5, 5.41) is 2.79. The fourth-order valence-corrected chi connectivity index (χ4v) is 2.92. The van der Waals surface area contributed by atoms with E-state index in [1.807, 2.05) is 24.3 Å². The summed E-state index contributed by atoms with van der Waals surface area (Å²) in [4.78, 5) is 15.8. The fourth-order valence-electron chi connectivity index (χ4n) is 2.92. The van der Waals surface area contributed by atoms with E-state index in [1.54, 1.807) is 0 Å². The lowest BCUT2D eigenvalue weighted by Crippen LogP contribution is -2.26. The number of anilines is 1. The average Bonchev–Trinajstić information content (AvgIpc) is 2.82. The minimum absolute atomic E-state index is 0.000951. The predicted molar refractivity (Wildman–Crippen MR) is 82.7 cm³/mol.